The summed E-state index contributed by atoms with van der Waals surface area (Å²) in [5.74, 6) is 1.75. The van der Waals surface area contributed by atoms with Gasteiger partial charge >= 0.3 is 0 Å². The van der Waals surface area contributed by atoms with Crippen LogP contribution in [-0.4, -0.2) is 18.7 Å². The van der Waals surface area contributed by atoms with E-state index < -0.39 is 0 Å². The number of nitrogens with one attached hydrogen (secondary N) is 1. The van der Waals surface area contributed by atoms with Crippen molar-refractivity contribution in [3.63, 3.8) is 0 Å². The fourth-order valence-corrected chi connectivity index (χ4v) is 3.97. The smallest absolute Gasteiger partial charge is 0.135 e. The Morgan fingerprint density at radius 2 is 2.19 bits per heavy atom. The van der Waals surface area contributed by atoms with Crippen molar-refractivity contribution in [2.24, 2.45) is 5.92 Å². The Labute approximate surface area is 125 Å². The van der Waals surface area contributed by atoms with Crippen molar-refractivity contribution >= 4 is 11.0 Å². The zero-order valence-corrected chi connectivity index (χ0v) is 12.6. The highest BCUT2D eigenvalue weighted by atomic mass is 16.5. The van der Waals surface area contributed by atoms with E-state index in [1.165, 1.54) is 25.7 Å². The van der Waals surface area contributed by atoms with Crippen LogP contribution in [0.15, 0.2) is 34.7 Å². The molecular weight excluding hydrogens is 262 g/mol. The van der Waals surface area contributed by atoms with Gasteiger partial charge in [0.15, 0.2) is 0 Å². The standard InChI is InChI=1S/C18H23NO2/c1-13-5-4-8-18(10-13)12-20-17(11-19-18)16-9-14-6-2-3-7-15(14)21-16/h2-3,6-7,9,13,17,19H,4-5,8,10-12H2,1H3. The van der Waals surface area contributed by atoms with Gasteiger partial charge in [0.25, 0.3) is 0 Å². The van der Waals surface area contributed by atoms with Crippen LogP contribution in [0.1, 0.15) is 44.5 Å². The number of hydrogen-bond donors (Lipinski definition) is 1. The van der Waals surface area contributed by atoms with E-state index in [4.69, 9.17) is 9.15 Å². The highest BCUT2D eigenvalue weighted by molar-refractivity contribution is 5.77. The molecule has 2 heterocycles. The van der Waals surface area contributed by atoms with Gasteiger partial charge in [-0.1, -0.05) is 38.0 Å². The lowest BCUT2D eigenvalue weighted by atomic mass is 9.76. The van der Waals surface area contributed by atoms with Gasteiger partial charge in [-0.05, 0) is 30.9 Å². The van der Waals surface area contributed by atoms with E-state index in [2.05, 4.69) is 24.4 Å². The SMILES string of the molecule is CC1CCCC2(COC(c3cc4ccccc4o3)CN2)C1. The van der Waals surface area contributed by atoms with Crippen LogP contribution in [0.25, 0.3) is 11.0 Å². The third-order valence-electron chi connectivity index (χ3n) is 5.08. The summed E-state index contributed by atoms with van der Waals surface area (Å²) in [6.07, 6.45) is 5.19. The predicted octanol–water partition coefficient (Wildman–Crippen LogP) is 4.04. The monoisotopic (exact) mass is 285 g/mol. The zero-order valence-electron chi connectivity index (χ0n) is 12.6. The Balaban J connectivity index is 1.49. The summed E-state index contributed by atoms with van der Waals surface area (Å²) in [4.78, 5) is 0. The molecule has 1 aromatic heterocycles. The summed E-state index contributed by atoms with van der Waals surface area (Å²) in [5, 5.41) is 4.93. The van der Waals surface area contributed by atoms with Crippen LogP contribution in [0.3, 0.4) is 0 Å². The van der Waals surface area contributed by atoms with Gasteiger partial charge in [0, 0.05) is 17.5 Å². The number of hydrogen-bond acceptors (Lipinski definition) is 3. The van der Waals surface area contributed by atoms with Crippen molar-refractivity contribution in [3.8, 4) is 0 Å². The fraction of sp³-hybridized carbons (Fsp3) is 0.556. The van der Waals surface area contributed by atoms with Crippen LogP contribution in [0.5, 0.6) is 0 Å². The van der Waals surface area contributed by atoms with E-state index in [-0.39, 0.29) is 11.6 Å². The average molecular weight is 285 g/mol. The lowest BCUT2D eigenvalue weighted by molar-refractivity contribution is -0.0600. The van der Waals surface area contributed by atoms with E-state index in [9.17, 15) is 0 Å². The molecule has 21 heavy (non-hydrogen) atoms. The number of rotatable bonds is 1. The molecule has 3 nitrogen and oxygen atoms in total. The molecular formula is C18H23NO2. The molecule has 3 atom stereocenters. The van der Waals surface area contributed by atoms with Gasteiger partial charge in [-0.2, -0.15) is 0 Å². The van der Waals surface area contributed by atoms with E-state index in [1.54, 1.807) is 0 Å². The number of para-hydroxylation sites is 1. The molecule has 1 N–H and O–H groups in total. The van der Waals surface area contributed by atoms with Crippen LogP contribution in [0.4, 0.5) is 0 Å². The van der Waals surface area contributed by atoms with Gasteiger partial charge in [0.1, 0.15) is 17.4 Å². The molecule has 1 spiro atoms. The molecule has 0 amide bonds. The highest BCUT2D eigenvalue weighted by Gasteiger charge is 2.39. The van der Waals surface area contributed by atoms with Crippen molar-refractivity contribution < 1.29 is 9.15 Å². The third-order valence-corrected chi connectivity index (χ3v) is 5.08. The van der Waals surface area contributed by atoms with Crippen molar-refractivity contribution in [2.75, 3.05) is 13.2 Å². The summed E-state index contributed by atoms with van der Waals surface area (Å²) >= 11 is 0. The summed E-state index contributed by atoms with van der Waals surface area (Å²) in [6.45, 7) is 4.01. The second-order valence-corrected chi connectivity index (χ2v) is 6.85. The number of ether oxygens (including phenoxy) is 1. The second-order valence-electron chi connectivity index (χ2n) is 6.85. The maximum absolute atomic E-state index is 6.18. The van der Waals surface area contributed by atoms with Crippen molar-refractivity contribution in [2.45, 2.75) is 44.2 Å². The highest BCUT2D eigenvalue weighted by Crippen LogP contribution is 2.37. The first kappa shape index (κ1) is 13.4. The predicted molar refractivity (Wildman–Crippen MR) is 83.3 cm³/mol. The fourth-order valence-electron chi connectivity index (χ4n) is 3.97. The lowest BCUT2D eigenvalue weighted by Gasteiger charge is -2.45. The van der Waals surface area contributed by atoms with Gasteiger partial charge < -0.3 is 14.5 Å². The van der Waals surface area contributed by atoms with Crippen LogP contribution >= 0.6 is 0 Å². The van der Waals surface area contributed by atoms with E-state index in [0.717, 1.165) is 35.8 Å². The number of benzene rings is 1. The first-order valence-electron chi connectivity index (χ1n) is 8.09. The van der Waals surface area contributed by atoms with Gasteiger partial charge in [-0.15, -0.1) is 0 Å². The molecule has 1 saturated heterocycles. The topological polar surface area (TPSA) is 34.4 Å². The Bertz CT molecular complexity index is 592. The van der Waals surface area contributed by atoms with Crippen LogP contribution in [-0.2, 0) is 4.74 Å². The largest absolute Gasteiger partial charge is 0.458 e. The van der Waals surface area contributed by atoms with Crippen molar-refractivity contribution in [3.05, 3.63) is 36.1 Å². The van der Waals surface area contributed by atoms with E-state index >= 15 is 0 Å². The summed E-state index contributed by atoms with van der Waals surface area (Å²) in [5.41, 5.74) is 1.16. The average Bonchev–Trinajstić information content (AvgIpc) is 2.91. The molecule has 1 aliphatic heterocycles. The summed E-state index contributed by atoms with van der Waals surface area (Å²) in [6, 6.07) is 10.3. The molecule has 2 aromatic rings. The molecule has 3 unspecified atom stereocenters. The summed E-state index contributed by atoms with van der Waals surface area (Å²) < 4.78 is 12.1. The van der Waals surface area contributed by atoms with Crippen LogP contribution in [0, 0.1) is 5.92 Å². The molecule has 1 saturated carbocycles. The molecule has 4 rings (SSSR count). The van der Waals surface area contributed by atoms with Crippen LogP contribution in [0.2, 0.25) is 0 Å². The maximum Gasteiger partial charge on any atom is 0.135 e. The zero-order chi connectivity index (χ0) is 14.3. The third kappa shape index (κ3) is 2.49. The van der Waals surface area contributed by atoms with Crippen LogP contribution < -0.4 is 5.32 Å². The second kappa shape index (κ2) is 5.15. The Morgan fingerprint density at radius 3 is 2.95 bits per heavy atom. The molecule has 2 fully saturated rings. The normalized spacial score (nSPS) is 33.6. The first-order chi connectivity index (χ1) is 10.2. The molecule has 112 valence electrons. The molecule has 2 aliphatic rings. The Kier molecular flexibility index (Phi) is 3.27. The number of furan rings is 1. The quantitative estimate of drug-likeness (QED) is 0.858. The van der Waals surface area contributed by atoms with Gasteiger partial charge in [-0.25, -0.2) is 0 Å². The van der Waals surface area contributed by atoms with E-state index in [1.807, 2.05) is 18.2 Å². The van der Waals surface area contributed by atoms with Crippen molar-refractivity contribution in [1.29, 1.82) is 0 Å². The lowest BCUT2D eigenvalue weighted by Crippen LogP contribution is -2.56. The molecule has 0 bridgehead atoms. The Morgan fingerprint density at radius 1 is 1.29 bits per heavy atom. The maximum atomic E-state index is 6.18. The molecule has 1 aliphatic carbocycles. The minimum atomic E-state index is 0.0419. The minimum absolute atomic E-state index is 0.0419. The number of fused-ring (bicyclic) bond motifs is 1. The first-order valence-corrected chi connectivity index (χ1v) is 8.09. The van der Waals surface area contributed by atoms with Gasteiger partial charge in [0.2, 0.25) is 0 Å². The molecule has 1 aromatic carbocycles. The minimum Gasteiger partial charge on any atom is -0.458 e. The Hall–Kier alpha value is -1.32. The molecule has 0 radical (unpaired) electrons. The summed E-state index contributed by atoms with van der Waals surface area (Å²) in [7, 11) is 0. The van der Waals surface area contributed by atoms with E-state index in [0.29, 0.717) is 0 Å². The van der Waals surface area contributed by atoms with Gasteiger partial charge in [-0.3, -0.25) is 0 Å². The van der Waals surface area contributed by atoms with Crippen molar-refractivity contribution in [1.82, 2.24) is 5.32 Å². The molecule has 3 heteroatoms. The number of morpholine rings is 1. The van der Waals surface area contributed by atoms with Gasteiger partial charge in [0.05, 0.1) is 6.61 Å².